The highest BCUT2D eigenvalue weighted by atomic mass is 35.5. The Kier molecular flexibility index (Phi) is 6.56. The number of hydrogen-bond donors (Lipinski definition) is 1. The number of halogens is 1. The molecule has 2 aromatic carbocycles. The molecule has 3 aromatic rings. The van der Waals surface area contributed by atoms with Crippen molar-refractivity contribution in [2.75, 3.05) is 45.2 Å². The Labute approximate surface area is 185 Å². The molecule has 1 aliphatic rings. The molecule has 1 saturated heterocycles. The lowest BCUT2D eigenvalue weighted by atomic mass is 10.1. The quantitative estimate of drug-likeness (QED) is 0.632. The van der Waals surface area contributed by atoms with Crippen molar-refractivity contribution in [3.63, 3.8) is 0 Å². The van der Waals surface area contributed by atoms with Gasteiger partial charge in [-0.05, 0) is 18.2 Å². The summed E-state index contributed by atoms with van der Waals surface area (Å²) >= 11 is 6.10. The maximum atomic E-state index is 13.1. The second-order valence-electron chi connectivity index (χ2n) is 7.44. The van der Waals surface area contributed by atoms with E-state index >= 15 is 0 Å². The van der Waals surface area contributed by atoms with Gasteiger partial charge in [-0.2, -0.15) is 0 Å². The summed E-state index contributed by atoms with van der Waals surface area (Å²) in [5.74, 6) is 0.0453. The lowest BCUT2D eigenvalue weighted by molar-refractivity contribution is -0.117. The van der Waals surface area contributed by atoms with Gasteiger partial charge in [-0.25, -0.2) is 0 Å². The molecule has 0 unspecified atom stereocenters. The smallest absolute Gasteiger partial charge is 0.290 e. The van der Waals surface area contributed by atoms with Crippen LogP contribution in [0.15, 0.2) is 52.9 Å². The van der Waals surface area contributed by atoms with E-state index in [0.29, 0.717) is 54.8 Å². The van der Waals surface area contributed by atoms with Crippen molar-refractivity contribution < 1.29 is 18.7 Å². The van der Waals surface area contributed by atoms with E-state index in [1.54, 1.807) is 24.1 Å². The molecule has 0 atom stereocenters. The van der Waals surface area contributed by atoms with E-state index in [1.807, 2.05) is 41.3 Å². The van der Waals surface area contributed by atoms with Gasteiger partial charge in [0.15, 0.2) is 5.76 Å². The number of piperazine rings is 1. The first-order valence-corrected chi connectivity index (χ1v) is 10.5. The summed E-state index contributed by atoms with van der Waals surface area (Å²) in [7, 11) is 1.60. The molecule has 7 nitrogen and oxygen atoms in total. The molecule has 1 fully saturated rings. The largest absolute Gasteiger partial charge is 0.451 e. The summed E-state index contributed by atoms with van der Waals surface area (Å²) in [5.41, 5.74) is 2.04. The van der Waals surface area contributed by atoms with Crippen LogP contribution < -0.4 is 5.32 Å². The van der Waals surface area contributed by atoms with Gasteiger partial charge in [-0.1, -0.05) is 41.9 Å². The number of para-hydroxylation sites is 2. The van der Waals surface area contributed by atoms with Gasteiger partial charge < -0.3 is 19.4 Å². The molecule has 1 aliphatic heterocycles. The number of amides is 2. The zero-order valence-electron chi connectivity index (χ0n) is 17.3. The van der Waals surface area contributed by atoms with Crippen LogP contribution in [0.3, 0.4) is 0 Å². The number of fused-ring (bicyclic) bond motifs is 1. The van der Waals surface area contributed by atoms with Crippen molar-refractivity contribution in [2.24, 2.45) is 0 Å². The van der Waals surface area contributed by atoms with Crippen LogP contribution >= 0.6 is 11.6 Å². The van der Waals surface area contributed by atoms with Gasteiger partial charge in [0.25, 0.3) is 5.91 Å². The van der Waals surface area contributed by atoms with E-state index in [-0.39, 0.29) is 18.4 Å². The highest BCUT2D eigenvalue weighted by Crippen LogP contribution is 2.28. The molecular weight excluding hydrogens is 418 g/mol. The Morgan fingerprint density at radius 2 is 1.77 bits per heavy atom. The summed E-state index contributed by atoms with van der Waals surface area (Å²) in [6.45, 7) is 2.78. The van der Waals surface area contributed by atoms with Crippen molar-refractivity contribution in [1.29, 1.82) is 0 Å². The Balaban J connectivity index is 1.37. The molecule has 1 N–H and O–H groups in total. The Morgan fingerprint density at radius 1 is 1.06 bits per heavy atom. The summed E-state index contributed by atoms with van der Waals surface area (Å²) in [6, 6.07) is 14.7. The van der Waals surface area contributed by atoms with Crippen LogP contribution in [0.4, 0.5) is 5.69 Å². The third-order valence-corrected chi connectivity index (χ3v) is 5.69. The van der Waals surface area contributed by atoms with Crippen LogP contribution in [0.5, 0.6) is 0 Å². The number of benzene rings is 2. The van der Waals surface area contributed by atoms with Gasteiger partial charge in [0, 0.05) is 44.2 Å². The zero-order valence-corrected chi connectivity index (χ0v) is 18.0. The number of nitrogens with one attached hydrogen (secondary N) is 1. The van der Waals surface area contributed by atoms with Crippen LogP contribution in [0.1, 0.15) is 16.1 Å². The Morgan fingerprint density at radius 3 is 2.52 bits per heavy atom. The first kappa shape index (κ1) is 21.4. The molecule has 0 aliphatic carbocycles. The zero-order chi connectivity index (χ0) is 21.8. The Hall–Kier alpha value is -2.87. The van der Waals surface area contributed by atoms with Gasteiger partial charge in [-0.15, -0.1) is 0 Å². The van der Waals surface area contributed by atoms with Crippen LogP contribution in [0, 0.1) is 0 Å². The molecule has 0 spiro atoms. The predicted molar refractivity (Wildman–Crippen MR) is 119 cm³/mol. The highest BCUT2D eigenvalue weighted by Gasteiger charge is 2.28. The molecule has 4 rings (SSSR count). The van der Waals surface area contributed by atoms with Crippen molar-refractivity contribution in [2.45, 2.75) is 6.61 Å². The number of carbonyl (C=O) groups is 2. The third-order valence-electron chi connectivity index (χ3n) is 5.36. The highest BCUT2D eigenvalue weighted by molar-refractivity contribution is 6.33. The monoisotopic (exact) mass is 441 g/mol. The lowest BCUT2D eigenvalue weighted by Gasteiger charge is -2.34. The van der Waals surface area contributed by atoms with Crippen LogP contribution in [-0.2, 0) is 16.1 Å². The number of ether oxygens (including phenoxy) is 1. The van der Waals surface area contributed by atoms with Gasteiger partial charge in [0.2, 0.25) is 5.91 Å². The first-order valence-electron chi connectivity index (χ1n) is 10.1. The van der Waals surface area contributed by atoms with Gasteiger partial charge >= 0.3 is 0 Å². The van der Waals surface area contributed by atoms with Crippen molar-refractivity contribution in [3.05, 3.63) is 64.9 Å². The molecule has 2 amide bonds. The van der Waals surface area contributed by atoms with Crippen LogP contribution in [-0.4, -0.2) is 61.4 Å². The predicted octanol–water partition coefficient (Wildman–Crippen LogP) is 3.63. The average Bonchev–Trinajstić information content (AvgIpc) is 3.14. The topological polar surface area (TPSA) is 75.0 Å². The minimum absolute atomic E-state index is 0.132. The van der Waals surface area contributed by atoms with Crippen LogP contribution in [0.2, 0.25) is 5.02 Å². The maximum absolute atomic E-state index is 13.1. The molecule has 1 aromatic heterocycles. The maximum Gasteiger partial charge on any atom is 0.290 e. The molecule has 8 heteroatoms. The fraction of sp³-hybridized carbons (Fsp3) is 0.304. The van der Waals surface area contributed by atoms with E-state index in [4.69, 9.17) is 20.8 Å². The summed E-state index contributed by atoms with van der Waals surface area (Å²) < 4.78 is 11.2. The normalized spacial score (nSPS) is 14.7. The standard InChI is InChI=1S/C23H24ClN3O4/c1-30-15-17-16-6-2-5-9-20(16)31-22(17)23(29)27-12-10-26(11-13-27)14-21(28)25-19-8-4-3-7-18(19)24/h2-9H,10-15H2,1H3,(H,25,28). The van der Waals surface area contributed by atoms with Gasteiger partial charge in [-0.3, -0.25) is 14.5 Å². The second-order valence-corrected chi connectivity index (χ2v) is 7.84. The first-order chi connectivity index (χ1) is 15.1. The molecule has 2 heterocycles. The van der Waals surface area contributed by atoms with E-state index in [0.717, 1.165) is 10.9 Å². The summed E-state index contributed by atoms with van der Waals surface area (Å²) in [5, 5.41) is 4.23. The number of anilines is 1. The minimum Gasteiger partial charge on any atom is -0.451 e. The van der Waals surface area contributed by atoms with Crippen molar-refractivity contribution >= 4 is 40.1 Å². The number of hydrogen-bond acceptors (Lipinski definition) is 5. The average molecular weight is 442 g/mol. The van der Waals surface area contributed by atoms with E-state index in [1.165, 1.54) is 0 Å². The van der Waals surface area contributed by atoms with E-state index in [2.05, 4.69) is 5.32 Å². The number of furan rings is 1. The van der Waals surface area contributed by atoms with Gasteiger partial charge in [0.1, 0.15) is 5.58 Å². The fourth-order valence-electron chi connectivity index (χ4n) is 3.77. The number of carbonyl (C=O) groups excluding carboxylic acids is 2. The SMILES string of the molecule is COCc1c(C(=O)N2CCN(CC(=O)Nc3ccccc3Cl)CC2)oc2ccccc12. The van der Waals surface area contributed by atoms with Crippen molar-refractivity contribution in [3.8, 4) is 0 Å². The Bertz CT molecular complexity index is 1090. The fourth-order valence-corrected chi connectivity index (χ4v) is 3.95. The molecule has 31 heavy (non-hydrogen) atoms. The van der Waals surface area contributed by atoms with Gasteiger partial charge in [0.05, 0.1) is 23.9 Å². The van der Waals surface area contributed by atoms with E-state index in [9.17, 15) is 9.59 Å². The van der Waals surface area contributed by atoms with E-state index < -0.39 is 0 Å². The molecule has 0 saturated carbocycles. The molecular formula is C23H24ClN3O4. The lowest BCUT2D eigenvalue weighted by Crippen LogP contribution is -2.50. The number of rotatable bonds is 6. The molecule has 0 radical (unpaired) electrons. The van der Waals surface area contributed by atoms with Crippen molar-refractivity contribution in [1.82, 2.24) is 9.80 Å². The molecule has 162 valence electrons. The third kappa shape index (κ3) is 4.74. The summed E-state index contributed by atoms with van der Waals surface area (Å²) in [6.07, 6.45) is 0. The second kappa shape index (κ2) is 9.51. The number of nitrogens with zero attached hydrogens (tertiary/aromatic N) is 2. The number of methoxy groups -OCH3 is 1. The van der Waals surface area contributed by atoms with Crippen LogP contribution in [0.25, 0.3) is 11.0 Å². The minimum atomic E-state index is -0.150. The molecule has 0 bridgehead atoms. The summed E-state index contributed by atoms with van der Waals surface area (Å²) in [4.78, 5) is 29.3.